The number of piperazine rings is 1. The maximum atomic E-state index is 12.6. The number of non-ortho nitro benzene ring substituents is 1. The summed E-state index contributed by atoms with van der Waals surface area (Å²) in [6.07, 6.45) is 0. The van der Waals surface area contributed by atoms with Crippen LogP contribution in [0.5, 0.6) is 0 Å². The molecular weight excluding hydrogens is 318 g/mol. The second-order valence-electron chi connectivity index (χ2n) is 6.52. The van der Waals surface area contributed by atoms with E-state index in [0.29, 0.717) is 18.7 Å². The summed E-state index contributed by atoms with van der Waals surface area (Å²) in [4.78, 5) is 26.2. The maximum absolute atomic E-state index is 12.6. The summed E-state index contributed by atoms with van der Waals surface area (Å²) in [5, 5.41) is 10.9. The number of rotatable bonds is 4. The van der Waals surface area contributed by atoms with Crippen molar-refractivity contribution in [1.82, 2.24) is 4.90 Å². The molecule has 130 valence electrons. The average molecular weight is 340 g/mol. The van der Waals surface area contributed by atoms with E-state index >= 15 is 0 Å². The molecule has 6 heteroatoms. The van der Waals surface area contributed by atoms with Gasteiger partial charge in [0.15, 0.2) is 0 Å². The van der Waals surface area contributed by atoms with Crippen molar-refractivity contribution in [3.8, 4) is 0 Å². The van der Waals surface area contributed by atoms with Gasteiger partial charge in [-0.05, 0) is 13.0 Å². The van der Waals surface area contributed by atoms with Gasteiger partial charge in [0, 0.05) is 23.3 Å². The number of amides is 1. The number of nitrogens with one attached hydrogen (secondary N) is 1. The number of nitro groups is 1. The highest BCUT2D eigenvalue weighted by molar-refractivity contribution is 5.94. The molecule has 6 nitrogen and oxygen atoms in total. The van der Waals surface area contributed by atoms with Gasteiger partial charge in [-0.15, -0.1) is 0 Å². The van der Waals surface area contributed by atoms with Gasteiger partial charge < -0.3 is 9.80 Å². The predicted octanol–water partition coefficient (Wildman–Crippen LogP) is 1.44. The fourth-order valence-corrected chi connectivity index (χ4v) is 3.25. The molecule has 0 radical (unpaired) electrons. The van der Waals surface area contributed by atoms with E-state index in [9.17, 15) is 14.9 Å². The van der Waals surface area contributed by atoms with Crippen LogP contribution in [0.4, 0.5) is 5.69 Å². The van der Waals surface area contributed by atoms with Gasteiger partial charge in [0.05, 0.1) is 31.1 Å². The van der Waals surface area contributed by atoms with Crippen LogP contribution >= 0.6 is 0 Å². The van der Waals surface area contributed by atoms with E-state index in [0.717, 1.165) is 19.6 Å². The number of hydrogen-bond donors (Lipinski definition) is 1. The highest BCUT2D eigenvalue weighted by atomic mass is 16.6. The number of carbonyl (C=O) groups excluding carboxylic acids is 1. The number of hydrogen-bond acceptors (Lipinski definition) is 3. The Labute approximate surface area is 146 Å². The van der Waals surface area contributed by atoms with Crippen LogP contribution in [0.3, 0.4) is 0 Å². The number of benzene rings is 2. The fraction of sp³-hybridized carbons (Fsp3) is 0.316. The molecule has 3 rings (SSSR count). The first-order valence-corrected chi connectivity index (χ1v) is 8.46. The molecule has 1 saturated heterocycles. The van der Waals surface area contributed by atoms with Gasteiger partial charge in [0.2, 0.25) is 0 Å². The van der Waals surface area contributed by atoms with Crippen molar-refractivity contribution in [2.75, 3.05) is 26.2 Å². The number of nitrogens with zero attached hydrogens (tertiary/aromatic N) is 2. The molecule has 0 aliphatic carbocycles. The third-order valence-electron chi connectivity index (χ3n) is 4.60. The smallest absolute Gasteiger partial charge is 0.270 e. The van der Waals surface area contributed by atoms with Crippen LogP contribution in [0.25, 0.3) is 0 Å². The van der Waals surface area contributed by atoms with Crippen LogP contribution in [-0.4, -0.2) is 41.9 Å². The monoisotopic (exact) mass is 340 g/mol. The Morgan fingerprint density at radius 3 is 2.56 bits per heavy atom. The summed E-state index contributed by atoms with van der Waals surface area (Å²) in [6.45, 7) is 6.16. The third-order valence-corrected chi connectivity index (χ3v) is 4.60. The summed E-state index contributed by atoms with van der Waals surface area (Å²) in [5.41, 5.74) is 2.91. The fourth-order valence-electron chi connectivity index (χ4n) is 3.25. The molecule has 1 fully saturated rings. The molecule has 0 aromatic heterocycles. The SMILES string of the molecule is Cc1cccc(C[NH+]2CCN(C(=O)c3cccc([N+](=O)[O-])c3)CC2)c1. The molecule has 1 heterocycles. The summed E-state index contributed by atoms with van der Waals surface area (Å²) < 4.78 is 0. The Balaban J connectivity index is 1.59. The Morgan fingerprint density at radius 1 is 1.16 bits per heavy atom. The van der Waals surface area contributed by atoms with E-state index in [1.54, 1.807) is 17.0 Å². The molecule has 1 aliphatic rings. The van der Waals surface area contributed by atoms with Crippen molar-refractivity contribution in [1.29, 1.82) is 0 Å². The van der Waals surface area contributed by atoms with Gasteiger partial charge in [0.1, 0.15) is 6.54 Å². The third kappa shape index (κ3) is 4.22. The molecule has 25 heavy (non-hydrogen) atoms. The number of carbonyl (C=O) groups is 1. The molecule has 0 bridgehead atoms. The molecule has 0 spiro atoms. The van der Waals surface area contributed by atoms with Crippen LogP contribution in [0.15, 0.2) is 48.5 Å². The summed E-state index contributed by atoms with van der Waals surface area (Å²) in [5.74, 6) is -0.127. The molecule has 0 unspecified atom stereocenters. The zero-order valence-electron chi connectivity index (χ0n) is 14.3. The van der Waals surface area contributed by atoms with Crippen molar-refractivity contribution in [2.24, 2.45) is 0 Å². The minimum absolute atomic E-state index is 0.0467. The van der Waals surface area contributed by atoms with Crippen LogP contribution in [0.1, 0.15) is 21.5 Å². The van der Waals surface area contributed by atoms with E-state index in [-0.39, 0.29) is 11.6 Å². The van der Waals surface area contributed by atoms with Crippen molar-refractivity contribution in [3.05, 3.63) is 75.3 Å². The van der Waals surface area contributed by atoms with E-state index < -0.39 is 4.92 Å². The van der Waals surface area contributed by atoms with Crippen LogP contribution in [0.2, 0.25) is 0 Å². The van der Waals surface area contributed by atoms with Gasteiger partial charge in [-0.1, -0.05) is 35.9 Å². The second kappa shape index (κ2) is 7.44. The highest BCUT2D eigenvalue weighted by Gasteiger charge is 2.25. The van der Waals surface area contributed by atoms with E-state index in [1.807, 2.05) is 0 Å². The van der Waals surface area contributed by atoms with Crippen LogP contribution < -0.4 is 4.90 Å². The number of quaternary nitrogens is 1. The lowest BCUT2D eigenvalue weighted by atomic mass is 10.1. The first-order valence-electron chi connectivity index (χ1n) is 8.46. The molecule has 2 aromatic carbocycles. The minimum Gasteiger partial charge on any atom is -0.328 e. The largest absolute Gasteiger partial charge is 0.328 e. The quantitative estimate of drug-likeness (QED) is 0.676. The summed E-state index contributed by atoms with van der Waals surface area (Å²) in [7, 11) is 0. The van der Waals surface area contributed by atoms with E-state index in [2.05, 4.69) is 31.2 Å². The zero-order chi connectivity index (χ0) is 17.8. The molecule has 2 aromatic rings. The first kappa shape index (κ1) is 17.1. The highest BCUT2D eigenvalue weighted by Crippen LogP contribution is 2.15. The van der Waals surface area contributed by atoms with Gasteiger partial charge in [-0.3, -0.25) is 14.9 Å². The van der Waals surface area contributed by atoms with Gasteiger partial charge in [-0.2, -0.15) is 0 Å². The molecule has 1 N–H and O–H groups in total. The van der Waals surface area contributed by atoms with Gasteiger partial charge >= 0.3 is 0 Å². The van der Waals surface area contributed by atoms with Crippen LogP contribution in [-0.2, 0) is 6.54 Å². The number of nitro benzene ring substituents is 1. The second-order valence-corrected chi connectivity index (χ2v) is 6.52. The lowest BCUT2D eigenvalue weighted by Gasteiger charge is -2.32. The Kier molecular flexibility index (Phi) is 5.09. The molecular formula is C19H22N3O3+. The van der Waals surface area contributed by atoms with Crippen molar-refractivity contribution in [2.45, 2.75) is 13.5 Å². The summed E-state index contributed by atoms with van der Waals surface area (Å²) in [6, 6.07) is 14.5. The predicted molar refractivity (Wildman–Crippen MR) is 94.6 cm³/mol. The number of aryl methyl sites for hydroxylation is 1. The minimum atomic E-state index is -0.472. The molecule has 1 amide bonds. The Hall–Kier alpha value is -2.73. The summed E-state index contributed by atoms with van der Waals surface area (Å²) >= 11 is 0. The maximum Gasteiger partial charge on any atom is 0.270 e. The zero-order valence-corrected chi connectivity index (χ0v) is 14.3. The molecule has 1 aliphatic heterocycles. The van der Waals surface area contributed by atoms with E-state index in [4.69, 9.17) is 0 Å². The lowest BCUT2D eigenvalue weighted by molar-refractivity contribution is -0.917. The normalized spacial score (nSPS) is 15.2. The van der Waals surface area contributed by atoms with Gasteiger partial charge in [0.25, 0.3) is 11.6 Å². The van der Waals surface area contributed by atoms with Crippen molar-refractivity contribution in [3.63, 3.8) is 0 Å². The molecule has 0 saturated carbocycles. The Bertz CT molecular complexity index is 783. The average Bonchev–Trinajstić information content (AvgIpc) is 2.62. The standard InChI is InChI=1S/C19H21N3O3/c1-15-4-2-5-16(12-15)14-20-8-10-21(11-9-20)19(23)17-6-3-7-18(13-17)22(24)25/h2-7,12-13H,8-11,14H2,1H3/p+1. The van der Waals surface area contributed by atoms with Crippen molar-refractivity contribution < 1.29 is 14.6 Å². The first-order chi connectivity index (χ1) is 12.0. The van der Waals surface area contributed by atoms with E-state index in [1.165, 1.54) is 28.2 Å². The van der Waals surface area contributed by atoms with Crippen LogP contribution in [0, 0.1) is 17.0 Å². The van der Waals surface area contributed by atoms with Gasteiger partial charge in [-0.25, -0.2) is 0 Å². The van der Waals surface area contributed by atoms with Crippen molar-refractivity contribution >= 4 is 11.6 Å². The lowest BCUT2D eigenvalue weighted by Crippen LogP contribution is -3.13. The topological polar surface area (TPSA) is 67.9 Å². The molecule has 0 atom stereocenters. The Morgan fingerprint density at radius 2 is 1.88 bits per heavy atom.